The van der Waals surface area contributed by atoms with Crippen LogP contribution >= 0.6 is 0 Å². The van der Waals surface area contributed by atoms with E-state index in [0.717, 1.165) is 11.1 Å². The van der Waals surface area contributed by atoms with Gasteiger partial charge in [0.25, 0.3) is 17.5 Å². The van der Waals surface area contributed by atoms with Crippen molar-refractivity contribution >= 4 is 28.9 Å². The maximum atomic E-state index is 12.9. The van der Waals surface area contributed by atoms with E-state index in [1.165, 1.54) is 29.3 Å². The molecule has 1 aliphatic rings. The van der Waals surface area contributed by atoms with Gasteiger partial charge in [0.15, 0.2) is 0 Å². The lowest BCUT2D eigenvalue weighted by atomic mass is 10.1. The van der Waals surface area contributed by atoms with Gasteiger partial charge in [-0.1, -0.05) is 12.1 Å². The Bertz CT molecular complexity index is 1120. The van der Waals surface area contributed by atoms with Crippen LogP contribution in [-0.2, 0) is 4.79 Å². The van der Waals surface area contributed by atoms with Crippen LogP contribution in [0.5, 0.6) is 0 Å². The number of carbonyl (C=O) groups excluding carboxylic acids is 2. The van der Waals surface area contributed by atoms with Crippen LogP contribution in [0.3, 0.4) is 0 Å². The number of nitro groups is 1. The van der Waals surface area contributed by atoms with Crippen molar-refractivity contribution in [2.45, 2.75) is 27.7 Å². The Hall–Kier alpha value is -4.01. The minimum absolute atomic E-state index is 0.120. The summed E-state index contributed by atoms with van der Waals surface area (Å²) in [6.45, 7) is 7.30. The van der Waals surface area contributed by atoms with Crippen molar-refractivity contribution in [3.8, 4) is 0 Å². The van der Waals surface area contributed by atoms with Crippen LogP contribution in [0.1, 0.15) is 35.3 Å². The molecule has 0 spiro atoms. The molecule has 0 atom stereocenters. The topological polar surface area (TPSA) is 117 Å². The highest BCUT2D eigenvalue weighted by Gasteiger charge is 2.31. The van der Waals surface area contributed by atoms with E-state index in [4.69, 9.17) is 0 Å². The lowest BCUT2D eigenvalue weighted by molar-refractivity contribution is -0.384. The van der Waals surface area contributed by atoms with Gasteiger partial charge >= 0.3 is 0 Å². The molecule has 0 aromatic heterocycles. The van der Waals surface area contributed by atoms with Gasteiger partial charge in [-0.2, -0.15) is 10.1 Å². The van der Waals surface area contributed by atoms with Gasteiger partial charge in [-0.05, 0) is 57.0 Å². The van der Waals surface area contributed by atoms with E-state index >= 15 is 0 Å². The average molecular weight is 407 g/mol. The van der Waals surface area contributed by atoms with Crippen LogP contribution in [0.2, 0.25) is 0 Å². The van der Waals surface area contributed by atoms with Crippen LogP contribution in [0, 0.1) is 24.0 Å². The standard InChI is InChI=1S/C21H21N5O4/c1-12-8-9-17(10-13(12)2)25-21(28)19(15(4)24-25)14(3)22-23-20(27)16-6-5-7-18(11-16)26(29)30/h5-11,22H,1-4H3,(H,23,27)/b19-14-. The number of hydrogen-bond acceptors (Lipinski definition) is 6. The maximum Gasteiger partial charge on any atom is 0.282 e. The molecule has 1 aliphatic heterocycles. The van der Waals surface area contributed by atoms with E-state index in [1.807, 2.05) is 32.0 Å². The average Bonchev–Trinajstić information content (AvgIpc) is 3.02. The van der Waals surface area contributed by atoms with Crippen LogP contribution in [-0.4, -0.2) is 22.4 Å². The molecule has 1 heterocycles. The number of non-ortho nitro benzene ring substituents is 1. The third kappa shape index (κ3) is 4.04. The molecule has 0 fully saturated rings. The first kappa shape index (κ1) is 20.7. The zero-order chi connectivity index (χ0) is 22.0. The molecule has 9 nitrogen and oxygen atoms in total. The largest absolute Gasteiger partial charge is 0.302 e. The van der Waals surface area contributed by atoms with Gasteiger partial charge in [0.2, 0.25) is 0 Å². The summed E-state index contributed by atoms with van der Waals surface area (Å²) in [5.41, 5.74) is 9.18. The number of allylic oxidation sites excluding steroid dienone is 1. The third-order valence-corrected chi connectivity index (χ3v) is 4.81. The molecular formula is C21H21N5O4. The highest BCUT2D eigenvalue weighted by Crippen LogP contribution is 2.26. The van der Waals surface area contributed by atoms with E-state index in [9.17, 15) is 19.7 Å². The summed E-state index contributed by atoms with van der Waals surface area (Å²) in [6, 6.07) is 11.0. The Kier molecular flexibility index (Phi) is 5.63. The fourth-order valence-corrected chi connectivity index (χ4v) is 3.02. The number of anilines is 1. The van der Waals surface area contributed by atoms with Crippen LogP contribution in [0.25, 0.3) is 0 Å². The summed E-state index contributed by atoms with van der Waals surface area (Å²) in [7, 11) is 0. The predicted octanol–water partition coefficient (Wildman–Crippen LogP) is 3.14. The van der Waals surface area contributed by atoms with E-state index in [0.29, 0.717) is 22.7 Å². The van der Waals surface area contributed by atoms with Crippen LogP contribution in [0.4, 0.5) is 11.4 Å². The van der Waals surface area contributed by atoms with Crippen molar-refractivity contribution < 1.29 is 14.5 Å². The number of hydrogen-bond donors (Lipinski definition) is 2. The molecule has 0 aliphatic carbocycles. The van der Waals surface area contributed by atoms with Gasteiger partial charge in [-0.25, -0.2) is 0 Å². The molecule has 0 bridgehead atoms. The smallest absolute Gasteiger partial charge is 0.282 e. The molecule has 30 heavy (non-hydrogen) atoms. The first-order valence-corrected chi connectivity index (χ1v) is 9.18. The number of nitrogens with one attached hydrogen (secondary N) is 2. The first-order valence-electron chi connectivity index (χ1n) is 9.18. The van der Waals surface area contributed by atoms with Crippen LogP contribution in [0.15, 0.2) is 58.8 Å². The molecule has 0 unspecified atom stereocenters. The number of benzene rings is 2. The van der Waals surface area contributed by atoms with Gasteiger partial charge in [-0.3, -0.25) is 25.1 Å². The Morgan fingerprint density at radius 3 is 2.47 bits per heavy atom. The number of amides is 2. The minimum Gasteiger partial charge on any atom is -0.302 e. The molecule has 3 rings (SSSR count). The van der Waals surface area contributed by atoms with Crippen molar-refractivity contribution in [3.63, 3.8) is 0 Å². The fraction of sp³-hybridized carbons (Fsp3) is 0.190. The molecule has 2 amide bonds. The molecule has 2 aromatic rings. The Morgan fingerprint density at radius 1 is 1.07 bits per heavy atom. The van der Waals surface area contributed by atoms with Gasteiger partial charge in [0.05, 0.1) is 21.9 Å². The number of nitrogens with zero attached hydrogens (tertiary/aromatic N) is 3. The van der Waals surface area contributed by atoms with Gasteiger partial charge in [0, 0.05) is 23.4 Å². The molecule has 2 aromatic carbocycles. The summed E-state index contributed by atoms with van der Waals surface area (Å²) >= 11 is 0. The molecule has 2 N–H and O–H groups in total. The zero-order valence-corrected chi connectivity index (χ0v) is 17.0. The second-order valence-corrected chi connectivity index (χ2v) is 6.96. The quantitative estimate of drug-likeness (QED) is 0.449. The second-order valence-electron chi connectivity index (χ2n) is 6.96. The van der Waals surface area contributed by atoms with Crippen molar-refractivity contribution in [2.75, 3.05) is 5.01 Å². The SMILES string of the molecule is CC1=NN(c2ccc(C)c(C)c2)C(=O)/C1=C(/C)NNC(=O)c1cccc([N+](=O)[O-])c1. The van der Waals surface area contributed by atoms with Crippen molar-refractivity contribution in [1.82, 2.24) is 10.9 Å². The fourth-order valence-electron chi connectivity index (χ4n) is 3.02. The molecule has 9 heteroatoms. The molecule has 154 valence electrons. The number of aryl methyl sites for hydroxylation is 2. The third-order valence-electron chi connectivity index (χ3n) is 4.81. The Labute approximate surface area is 173 Å². The van der Waals surface area contributed by atoms with E-state index in [1.54, 1.807) is 13.8 Å². The number of hydrazone groups is 1. The zero-order valence-electron chi connectivity index (χ0n) is 17.0. The Morgan fingerprint density at radius 2 is 1.80 bits per heavy atom. The number of nitro benzene ring substituents is 1. The predicted molar refractivity (Wildman–Crippen MR) is 113 cm³/mol. The summed E-state index contributed by atoms with van der Waals surface area (Å²) in [5.74, 6) is -0.880. The van der Waals surface area contributed by atoms with Crippen molar-refractivity contribution in [1.29, 1.82) is 0 Å². The number of hydrazine groups is 1. The maximum absolute atomic E-state index is 12.9. The van der Waals surface area contributed by atoms with Crippen molar-refractivity contribution in [3.05, 3.63) is 80.5 Å². The molecular weight excluding hydrogens is 386 g/mol. The molecule has 0 saturated heterocycles. The summed E-state index contributed by atoms with van der Waals surface area (Å²) in [4.78, 5) is 35.5. The summed E-state index contributed by atoms with van der Waals surface area (Å²) in [5, 5.41) is 16.5. The lowest BCUT2D eigenvalue weighted by Gasteiger charge is -2.15. The first-order chi connectivity index (χ1) is 14.2. The summed E-state index contributed by atoms with van der Waals surface area (Å²) < 4.78 is 0. The van der Waals surface area contributed by atoms with Crippen molar-refractivity contribution in [2.24, 2.45) is 5.10 Å². The molecule has 0 saturated carbocycles. The number of rotatable bonds is 5. The molecule has 0 radical (unpaired) electrons. The normalized spacial score (nSPS) is 15.0. The summed E-state index contributed by atoms with van der Waals surface area (Å²) in [6.07, 6.45) is 0. The number of carbonyl (C=O) groups is 2. The van der Waals surface area contributed by atoms with Gasteiger partial charge < -0.3 is 5.43 Å². The monoisotopic (exact) mass is 407 g/mol. The Balaban J connectivity index is 1.76. The van der Waals surface area contributed by atoms with Gasteiger partial charge in [-0.15, -0.1) is 0 Å². The van der Waals surface area contributed by atoms with E-state index in [-0.39, 0.29) is 17.2 Å². The highest BCUT2D eigenvalue weighted by molar-refractivity contribution is 6.30. The van der Waals surface area contributed by atoms with Gasteiger partial charge in [0.1, 0.15) is 0 Å². The highest BCUT2D eigenvalue weighted by atomic mass is 16.6. The lowest BCUT2D eigenvalue weighted by Crippen LogP contribution is -2.37. The van der Waals surface area contributed by atoms with Crippen LogP contribution < -0.4 is 15.9 Å². The second kappa shape index (κ2) is 8.16. The minimum atomic E-state index is -0.574. The van der Waals surface area contributed by atoms with E-state index < -0.39 is 10.8 Å². The van der Waals surface area contributed by atoms with E-state index in [2.05, 4.69) is 16.0 Å².